The van der Waals surface area contributed by atoms with Crippen LogP contribution >= 0.6 is 0 Å². The van der Waals surface area contributed by atoms with E-state index in [2.05, 4.69) is 0 Å². The standard InChI is InChI=1S/C20H24FNO4/c1-22(20(24)11-9-14-6-4-5-7-16(14)21)13-17(23)15-8-10-18(25-2)19(12-15)26-3/h4-8,10,12,17,23H,9,11,13H2,1-3H3. The molecular weight excluding hydrogens is 337 g/mol. The Labute approximate surface area is 153 Å². The lowest BCUT2D eigenvalue weighted by atomic mass is 10.1. The third-order valence-electron chi connectivity index (χ3n) is 4.23. The number of methoxy groups -OCH3 is 2. The highest BCUT2D eigenvalue weighted by Gasteiger charge is 2.17. The number of aliphatic hydroxyl groups excluding tert-OH is 1. The number of halogens is 1. The van der Waals surface area contributed by atoms with Gasteiger partial charge in [-0.3, -0.25) is 4.79 Å². The van der Waals surface area contributed by atoms with E-state index in [0.29, 0.717) is 29.0 Å². The molecule has 0 aliphatic rings. The van der Waals surface area contributed by atoms with Crippen molar-refractivity contribution in [2.75, 3.05) is 27.8 Å². The Balaban J connectivity index is 1.94. The number of nitrogens with zero attached hydrogens (tertiary/aromatic N) is 1. The summed E-state index contributed by atoms with van der Waals surface area (Å²) in [6, 6.07) is 11.5. The SMILES string of the molecule is COc1ccc(C(O)CN(C)C(=O)CCc2ccccc2F)cc1OC. The molecule has 0 saturated heterocycles. The summed E-state index contributed by atoms with van der Waals surface area (Å²) in [4.78, 5) is 13.7. The number of carbonyl (C=O) groups excluding carboxylic acids is 1. The number of likely N-dealkylation sites (N-methyl/N-ethyl adjacent to an activating group) is 1. The van der Waals surface area contributed by atoms with Gasteiger partial charge in [-0.05, 0) is 35.7 Å². The van der Waals surface area contributed by atoms with Crippen molar-refractivity contribution in [2.45, 2.75) is 18.9 Å². The zero-order chi connectivity index (χ0) is 19.1. The zero-order valence-corrected chi connectivity index (χ0v) is 15.2. The summed E-state index contributed by atoms with van der Waals surface area (Å²) in [5.74, 6) is 0.608. The largest absolute Gasteiger partial charge is 0.493 e. The van der Waals surface area contributed by atoms with Gasteiger partial charge >= 0.3 is 0 Å². The van der Waals surface area contributed by atoms with E-state index < -0.39 is 6.10 Å². The van der Waals surface area contributed by atoms with Gasteiger partial charge in [0.2, 0.25) is 5.91 Å². The van der Waals surface area contributed by atoms with Crippen LogP contribution in [-0.2, 0) is 11.2 Å². The first-order chi connectivity index (χ1) is 12.5. The van der Waals surface area contributed by atoms with Crippen LogP contribution in [0.15, 0.2) is 42.5 Å². The van der Waals surface area contributed by atoms with Gasteiger partial charge in [-0.2, -0.15) is 0 Å². The molecule has 5 nitrogen and oxygen atoms in total. The van der Waals surface area contributed by atoms with Crippen LogP contribution in [0.25, 0.3) is 0 Å². The van der Waals surface area contributed by atoms with E-state index in [1.807, 2.05) is 0 Å². The summed E-state index contributed by atoms with van der Waals surface area (Å²) in [5.41, 5.74) is 1.13. The van der Waals surface area contributed by atoms with E-state index in [0.717, 1.165) is 0 Å². The average molecular weight is 361 g/mol. The van der Waals surface area contributed by atoms with Crippen LogP contribution in [0.1, 0.15) is 23.7 Å². The molecule has 0 radical (unpaired) electrons. The van der Waals surface area contributed by atoms with Crippen molar-refractivity contribution < 1.29 is 23.8 Å². The minimum Gasteiger partial charge on any atom is -0.493 e. The minimum absolute atomic E-state index is 0.131. The Kier molecular flexibility index (Phi) is 6.97. The quantitative estimate of drug-likeness (QED) is 0.785. The Morgan fingerprint density at radius 1 is 1.15 bits per heavy atom. The van der Waals surface area contributed by atoms with Crippen LogP contribution in [0.5, 0.6) is 11.5 Å². The zero-order valence-electron chi connectivity index (χ0n) is 15.2. The maximum atomic E-state index is 13.6. The number of carbonyl (C=O) groups is 1. The van der Waals surface area contributed by atoms with Gasteiger partial charge in [-0.25, -0.2) is 4.39 Å². The lowest BCUT2D eigenvalue weighted by Crippen LogP contribution is -2.31. The molecule has 6 heteroatoms. The van der Waals surface area contributed by atoms with Gasteiger partial charge < -0.3 is 19.5 Å². The van der Waals surface area contributed by atoms with Crippen LogP contribution < -0.4 is 9.47 Å². The second-order valence-electron chi connectivity index (χ2n) is 6.00. The molecule has 0 heterocycles. The summed E-state index contributed by atoms with van der Waals surface area (Å²) in [7, 11) is 4.68. The van der Waals surface area contributed by atoms with E-state index in [4.69, 9.17) is 9.47 Å². The van der Waals surface area contributed by atoms with Crippen LogP contribution in [-0.4, -0.2) is 43.7 Å². The molecule has 140 valence electrons. The summed E-state index contributed by atoms with van der Waals surface area (Å²) < 4.78 is 24.0. The second kappa shape index (κ2) is 9.20. The first-order valence-corrected chi connectivity index (χ1v) is 8.33. The third kappa shape index (κ3) is 4.95. The monoisotopic (exact) mass is 361 g/mol. The lowest BCUT2D eigenvalue weighted by molar-refractivity contribution is -0.131. The molecule has 2 rings (SSSR count). The van der Waals surface area contributed by atoms with Crippen molar-refractivity contribution in [1.29, 1.82) is 0 Å². The van der Waals surface area contributed by atoms with Crippen molar-refractivity contribution in [3.05, 3.63) is 59.4 Å². The number of benzene rings is 2. The number of aliphatic hydroxyl groups is 1. The Hall–Kier alpha value is -2.60. The van der Waals surface area contributed by atoms with Crippen LogP contribution in [0.4, 0.5) is 4.39 Å². The van der Waals surface area contributed by atoms with Gasteiger partial charge in [0.05, 0.1) is 26.9 Å². The van der Waals surface area contributed by atoms with E-state index in [-0.39, 0.29) is 24.7 Å². The highest BCUT2D eigenvalue weighted by atomic mass is 19.1. The molecular formula is C20H24FNO4. The lowest BCUT2D eigenvalue weighted by Gasteiger charge is -2.22. The molecule has 1 amide bonds. The first-order valence-electron chi connectivity index (χ1n) is 8.33. The summed E-state index contributed by atoms with van der Waals surface area (Å²) in [6.45, 7) is 0.131. The number of hydrogen-bond acceptors (Lipinski definition) is 4. The van der Waals surface area contributed by atoms with E-state index in [1.54, 1.807) is 43.4 Å². The maximum absolute atomic E-state index is 13.6. The highest BCUT2D eigenvalue weighted by Crippen LogP contribution is 2.30. The van der Waals surface area contributed by atoms with E-state index >= 15 is 0 Å². The second-order valence-corrected chi connectivity index (χ2v) is 6.00. The fourth-order valence-electron chi connectivity index (χ4n) is 2.66. The number of aryl methyl sites for hydroxylation is 1. The highest BCUT2D eigenvalue weighted by molar-refractivity contribution is 5.76. The minimum atomic E-state index is -0.864. The van der Waals surface area contributed by atoms with Gasteiger partial charge in [0.15, 0.2) is 11.5 Å². The fraction of sp³-hybridized carbons (Fsp3) is 0.350. The molecule has 1 unspecified atom stereocenters. The predicted octanol–water partition coefficient (Wildman–Crippen LogP) is 2.97. The Morgan fingerprint density at radius 3 is 2.50 bits per heavy atom. The van der Waals surface area contributed by atoms with Crippen LogP contribution in [0, 0.1) is 5.82 Å². The first kappa shape index (κ1) is 19.7. The molecule has 2 aromatic rings. The molecule has 2 aromatic carbocycles. The molecule has 26 heavy (non-hydrogen) atoms. The fourth-order valence-corrected chi connectivity index (χ4v) is 2.66. The molecule has 0 saturated carbocycles. The van der Waals surface area contributed by atoms with Gasteiger partial charge in [-0.15, -0.1) is 0 Å². The van der Waals surface area contributed by atoms with Crippen LogP contribution in [0.2, 0.25) is 0 Å². The average Bonchev–Trinajstić information content (AvgIpc) is 2.66. The summed E-state index contributed by atoms with van der Waals surface area (Å²) in [6.07, 6.45) is -0.365. The summed E-state index contributed by atoms with van der Waals surface area (Å²) >= 11 is 0. The van der Waals surface area contributed by atoms with Crippen molar-refractivity contribution in [1.82, 2.24) is 4.90 Å². The summed E-state index contributed by atoms with van der Waals surface area (Å²) in [5, 5.41) is 10.4. The predicted molar refractivity (Wildman–Crippen MR) is 96.9 cm³/mol. The molecule has 1 N–H and O–H groups in total. The number of hydrogen-bond donors (Lipinski definition) is 1. The smallest absolute Gasteiger partial charge is 0.222 e. The van der Waals surface area contributed by atoms with Gasteiger partial charge in [0.25, 0.3) is 0 Å². The van der Waals surface area contributed by atoms with Gasteiger partial charge in [0, 0.05) is 13.5 Å². The van der Waals surface area contributed by atoms with Crippen molar-refractivity contribution in [3.8, 4) is 11.5 Å². The Morgan fingerprint density at radius 2 is 1.85 bits per heavy atom. The molecule has 1 atom stereocenters. The van der Waals surface area contributed by atoms with Crippen LogP contribution in [0.3, 0.4) is 0 Å². The molecule has 0 fully saturated rings. The molecule has 0 spiro atoms. The topological polar surface area (TPSA) is 59.0 Å². The Bertz CT molecular complexity index is 750. The van der Waals surface area contributed by atoms with Crippen molar-refractivity contribution in [3.63, 3.8) is 0 Å². The molecule has 0 aliphatic heterocycles. The molecule has 0 aliphatic carbocycles. The molecule has 0 aromatic heterocycles. The third-order valence-corrected chi connectivity index (χ3v) is 4.23. The normalized spacial score (nSPS) is 11.7. The number of amides is 1. The molecule has 0 bridgehead atoms. The van der Waals surface area contributed by atoms with Crippen molar-refractivity contribution in [2.24, 2.45) is 0 Å². The van der Waals surface area contributed by atoms with Gasteiger partial charge in [0.1, 0.15) is 5.82 Å². The number of rotatable bonds is 8. The van der Waals surface area contributed by atoms with Gasteiger partial charge in [-0.1, -0.05) is 24.3 Å². The maximum Gasteiger partial charge on any atom is 0.222 e. The van der Waals surface area contributed by atoms with E-state index in [1.165, 1.54) is 25.2 Å². The van der Waals surface area contributed by atoms with Crippen molar-refractivity contribution >= 4 is 5.91 Å². The number of ether oxygens (including phenoxy) is 2. The van der Waals surface area contributed by atoms with E-state index in [9.17, 15) is 14.3 Å².